The molecule has 21 heavy (non-hydrogen) atoms. The van der Waals surface area contributed by atoms with Gasteiger partial charge in [-0.15, -0.1) is 0 Å². The summed E-state index contributed by atoms with van der Waals surface area (Å²) >= 11 is 11.9. The number of fused-ring (bicyclic) bond motifs is 1. The third-order valence-electron chi connectivity index (χ3n) is 3.04. The number of nitrogens with zero attached hydrogens (tertiary/aromatic N) is 3. The fourth-order valence-electron chi connectivity index (χ4n) is 2.10. The second-order valence-electron chi connectivity index (χ2n) is 4.34. The van der Waals surface area contributed by atoms with Gasteiger partial charge in [-0.1, -0.05) is 23.2 Å². The van der Waals surface area contributed by atoms with E-state index in [2.05, 4.69) is 4.98 Å². The number of nitriles is 1. The molecule has 3 aromatic rings. The highest BCUT2D eigenvalue weighted by Gasteiger charge is 2.15. The maximum absolute atomic E-state index is 13.7. The van der Waals surface area contributed by atoms with Gasteiger partial charge in [0.25, 0.3) is 0 Å². The van der Waals surface area contributed by atoms with Crippen LogP contribution in [0.25, 0.3) is 16.7 Å². The molecule has 2 aromatic carbocycles. The van der Waals surface area contributed by atoms with Crippen molar-refractivity contribution < 1.29 is 4.39 Å². The Bertz CT molecular complexity index is 911. The molecule has 3 rings (SSSR count). The Balaban J connectivity index is 2.38. The van der Waals surface area contributed by atoms with Gasteiger partial charge in [-0.3, -0.25) is 4.57 Å². The van der Waals surface area contributed by atoms with Crippen LogP contribution in [0.5, 0.6) is 0 Å². The van der Waals surface area contributed by atoms with Crippen molar-refractivity contribution in [2.45, 2.75) is 0 Å². The van der Waals surface area contributed by atoms with Crippen LogP contribution < -0.4 is 5.73 Å². The van der Waals surface area contributed by atoms with Crippen molar-refractivity contribution in [3.63, 3.8) is 0 Å². The summed E-state index contributed by atoms with van der Waals surface area (Å²) in [6, 6.07) is 9.36. The molecule has 0 radical (unpaired) electrons. The van der Waals surface area contributed by atoms with Crippen molar-refractivity contribution >= 4 is 40.2 Å². The first-order valence-corrected chi connectivity index (χ1v) is 6.60. The Labute approximate surface area is 129 Å². The van der Waals surface area contributed by atoms with E-state index in [1.807, 2.05) is 6.07 Å². The predicted octanol–water partition coefficient (Wildman–Crippen LogP) is 3.93. The lowest BCUT2D eigenvalue weighted by Crippen LogP contribution is -2.02. The topological polar surface area (TPSA) is 67.6 Å². The highest BCUT2D eigenvalue weighted by molar-refractivity contribution is 6.32. The van der Waals surface area contributed by atoms with Crippen LogP contribution in [-0.2, 0) is 0 Å². The van der Waals surface area contributed by atoms with Crippen molar-refractivity contribution in [2.24, 2.45) is 0 Å². The highest BCUT2D eigenvalue weighted by Crippen LogP contribution is 2.31. The lowest BCUT2D eigenvalue weighted by molar-refractivity contribution is 0.629. The lowest BCUT2D eigenvalue weighted by atomic mass is 10.2. The summed E-state index contributed by atoms with van der Waals surface area (Å²) in [5, 5.41) is 9.32. The van der Waals surface area contributed by atoms with Gasteiger partial charge < -0.3 is 5.73 Å². The van der Waals surface area contributed by atoms with E-state index in [0.717, 1.165) is 0 Å². The summed E-state index contributed by atoms with van der Waals surface area (Å²) in [4.78, 5) is 4.14. The zero-order valence-electron chi connectivity index (χ0n) is 10.4. The number of hydrogen-bond donors (Lipinski definition) is 1. The van der Waals surface area contributed by atoms with E-state index in [4.69, 9.17) is 34.2 Å². The predicted molar refractivity (Wildman–Crippen MR) is 80.2 cm³/mol. The van der Waals surface area contributed by atoms with Gasteiger partial charge in [0.05, 0.1) is 38.4 Å². The van der Waals surface area contributed by atoms with Gasteiger partial charge in [0.15, 0.2) is 0 Å². The second kappa shape index (κ2) is 4.92. The SMILES string of the molecule is N#Cc1ccc(Cl)c(-n2c(N)nc3cc(Cl)c(F)cc32)c1. The number of anilines is 1. The summed E-state index contributed by atoms with van der Waals surface area (Å²) in [6.07, 6.45) is 0. The van der Waals surface area contributed by atoms with Gasteiger partial charge in [0.1, 0.15) is 5.82 Å². The van der Waals surface area contributed by atoms with Crippen molar-refractivity contribution in [3.05, 3.63) is 51.8 Å². The largest absolute Gasteiger partial charge is 0.369 e. The molecule has 1 aromatic heterocycles. The van der Waals surface area contributed by atoms with Crippen LogP contribution >= 0.6 is 23.2 Å². The minimum absolute atomic E-state index is 0.0379. The van der Waals surface area contributed by atoms with E-state index in [1.165, 1.54) is 16.7 Å². The van der Waals surface area contributed by atoms with E-state index >= 15 is 0 Å². The Morgan fingerprint density at radius 3 is 2.67 bits per heavy atom. The molecule has 0 saturated carbocycles. The summed E-state index contributed by atoms with van der Waals surface area (Å²) in [7, 11) is 0. The van der Waals surface area contributed by atoms with Gasteiger partial charge in [0, 0.05) is 6.07 Å². The van der Waals surface area contributed by atoms with Gasteiger partial charge >= 0.3 is 0 Å². The summed E-state index contributed by atoms with van der Waals surface area (Å²) in [6.45, 7) is 0. The number of hydrogen-bond acceptors (Lipinski definition) is 3. The van der Waals surface area contributed by atoms with Crippen LogP contribution in [0.15, 0.2) is 30.3 Å². The first kappa shape index (κ1) is 13.7. The molecule has 0 aliphatic rings. The molecule has 4 nitrogen and oxygen atoms in total. The molecular formula is C14H7Cl2FN4. The zero-order valence-corrected chi connectivity index (χ0v) is 12.0. The quantitative estimate of drug-likeness (QED) is 0.738. The molecule has 0 aliphatic carbocycles. The van der Waals surface area contributed by atoms with E-state index in [0.29, 0.717) is 27.3 Å². The van der Waals surface area contributed by atoms with Crippen LogP contribution in [0.2, 0.25) is 10.0 Å². The second-order valence-corrected chi connectivity index (χ2v) is 5.15. The zero-order chi connectivity index (χ0) is 15.1. The smallest absolute Gasteiger partial charge is 0.205 e. The summed E-state index contributed by atoms with van der Waals surface area (Å²) < 4.78 is 15.2. The maximum Gasteiger partial charge on any atom is 0.205 e. The molecule has 104 valence electrons. The van der Waals surface area contributed by atoms with Crippen LogP contribution in [0.1, 0.15) is 5.56 Å². The van der Waals surface area contributed by atoms with Gasteiger partial charge in [-0.05, 0) is 24.3 Å². The van der Waals surface area contributed by atoms with Crippen molar-refractivity contribution in [1.29, 1.82) is 5.26 Å². The molecule has 0 fully saturated rings. The van der Waals surface area contributed by atoms with Gasteiger partial charge in [0.2, 0.25) is 5.95 Å². The van der Waals surface area contributed by atoms with Crippen LogP contribution in [0.4, 0.5) is 10.3 Å². The molecule has 0 aliphatic heterocycles. The maximum atomic E-state index is 13.7. The molecule has 2 N–H and O–H groups in total. The number of aromatic nitrogens is 2. The highest BCUT2D eigenvalue weighted by atomic mass is 35.5. The van der Waals surface area contributed by atoms with Gasteiger partial charge in [-0.2, -0.15) is 5.26 Å². The van der Waals surface area contributed by atoms with E-state index < -0.39 is 5.82 Å². The first-order valence-electron chi connectivity index (χ1n) is 5.84. The third-order valence-corrected chi connectivity index (χ3v) is 3.65. The van der Waals surface area contributed by atoms with Crippen LogP contribution in [0, 0.1) is 17.1 Å². The normalized spacial score (nSPS) is 10.8. The van der Waals surface area contributed by atoms with E-state index in [1.54, 1.807) is 18.2 Å². The minimum Gasteiger partial charge on any atom is -0.369 e. The molecule has 0 amide bonds. The Kier molecular flexibility index (Phi) is 3.20. The fourth-order valence-corrected chi connectivity index (χ4v) is 2.46. The number of rotatable bonds is 1. The Hall–Kier alpha value is -2.29. The van der Waals surface area contributed by atoms with E-state index in [-0.39, 0.29) is 11.0 Å². The number of nitrogens with two attached hydrogens (primary N) is 1. The molecule has 0 unspecified atom stereocenters. The average Bonchev–Trinajstić information content (AvgIpc) is 2.75. The number of halogens is 3. The summed E-state index contributed by atoms with van der Waals surface area (Å²) in [5.41, 5.74) is 7.62. The molecule has 0 bridgehead atoms. The number of nitrogen functional groups attached to an aromatic ring is 1. The molecule has 0 atom stereocenters. The summed E-state index contributed by atoms with van der Waals surface area (Å²) in [5.74, 6) is -0.457. The van der Waals surface area contributed by atoms with E-state index in [9.17, 15) is 4.39 Å². The molecule has 1 heterocycles. The third kappa shape index (κ3) is 2.19. The Morgan fingerprint density at radius 2 is 1.95 bits per heavy atom. The molecule has 0 saturated heterocycles. The lowest BCUT2D eigenvalue weighted by Gasteiger charge is -2.09. The minimum atomic E-state index is -0.585. The van der Waals surface area contributed by atoms with Crippen LogP contribution in [-0.4, -0.2) is 9.55 Å². The van der Waals surface area contributed by atoms with Crippen molar-refractivity contribution in [1.82, 2.24) is 9.55 Å². The number of imidazole rings is 1. The van der Waals surface area contributed by atoms with Gasteiger partial charge in [-0.25, -0.2) is 9.37 Å². The Morgan fingerprint density at radius 1 is 1.19 bits per heavy atom. The van der Waals surface area contributed by atoms with Crippen molar-refractivity contribution in [2.75, 3.05) is 5.73 Å². The van der Waals surface area contributed by atoms with Crippen LogP contribution in [0.3, 0.4) is 0 Å². The monoisotopic (exact) mass is 320 g/mol. The number of benzene rings is 2. The van der Waals surface area contributed by atoms with Crippen molar-refractivity contribution in [3.8, 4) is 11.8 Å². The first-order chi connectivity index (χ1) is 10.0. The average molecular weight is 321 g/mol. The standard InChI is InChI=1S/C14H7Cl2FN4/c15-8-2-1-7(6-18)3-12(8)21-13-5-10(17)9(16)4-11(13)20-14(21)19/h1-5H,(H2,19,20). The molecular weight excluding hydrogens is 314 g/mol. The fraction of sp³-hybridized carbons (Fsp3) is 0. The molecule has 0 spiro atoms. The molecule has 7 heteroatoms.